The first-order chi connectivity index (χ1) is 12.5. The number of allylic oxidation sites excluding steroid dienone is 1. The Balaban J connectivity index is 0.00000261. The second-order valence-corrected chi connectivity index (χ2v) is 7.37. The maximum atomic E-state index is 12.5. The zero-order valence-electron chi connectivity index (χ0n) is 16.1. The van der Waals surface area contributed by atoms with Crippen LogP contribution in [-0.4, -0.2) is 48.7 Å². The molecule has 148 valence electrons. The highest BCUT2D eigenvalue weighted by Gasteiger charge is 2.51. The van der Waals surface area contributed by atoms with Gasteiger partial charge in [0.2, 0.25) is 0 Å². The molecule has 27 heavy (non-hydrogen) atoms. The Morgan fingerprint density at radius 2 is 1.89 bits per heavy atom. The van der Waals surface area contributed by atoms with E-state index in [2.05, 4.69) is 24.8 Å². The summed E-state index contributed by atoms with van der Waals surface area (Å²) in [5.41, 5.74) is 1.77. The molecule has 0 unspecified atom stereocenters. The number of hydrogen-bond acceptors (Lipinski definition) is 5. The van der Waals surface area contributed by atoms with Crippen LogP contribution >= 0.6 is 12.4 Å². The zero-order valence-corrected chi connectivity index (χ0v) is 16.9. The van der Waals surface area contributed by atoms with Gasteiger partial charge in [0, 0.05) is 25.0 Å². The van der Waals surface area contributed by atoms with Crippen molar-refractivity contribution in [1.82, 2.24) is 4.90 Å². The molecule has 2 bridgehead atoms. The van der Waals surface area contributed by atoms with Gasteiger partial charge in [-0.2, -0.15) is 0 Å². The van der Waals surface area contributed by atoms with E-state index in [-0.39, 0.29) is 30.4 Å². The molecule has 0 N–H and O–H groups in total. The van der Waals surface area contributed by atoms with E-state index in [0.717, 1.165) is 19.4 Å². The number of nitrogens with zero attached hydrogens (tertiary/aromatic N) is 1. The van der Waals surface area contributed by atoms with Gasteiger partial charge in [-0.05, 0) is 38.8 Å². The van der Waals surface area contributed by atoms with Gasteiger partial charge in [0.25, 0.3) is 0 Å². The van der Waals surface area contributed by atoms with E-state index in [9.17, 15) is 9.59 Å². The lowest BCUT2D eigenvalue weighted by Crippen LogP contribution is -2.55. The van der Waals surface area contributed by atoms with Gasteiger partial charge in [-0.15, -0.1) is 12.4 Å². The van der Waals surface area contributed by atoms with Gasteiger partial charge in [0.05, 0.1) is 12.7 Å². The zero-order chi connectivity index (χ0) is 18.7. The molecule has 0 aromatic heterocycles. The topological polar surface area (TPSA) is 55.8 Å². The summed E-state index contributed by atoms with van der Waals surface area (Å²) in [7, 11) is 1.40. The van der Waals surface area contributed by atoms with Gasteiger partial charge in [-0.25, -0.2) is 4.79 Å². The van der Waals surface area contributed by atoms with E-state index >= 15 is 0 Å². The van der Waals surface area contributed by atoms with Crippen LogP contribution in [0.1, 0.15) is 43.5 Å². The summed E-state index contributed by atoms with van der Waals surface area (Å²) in [6.45, 7) is 4.98. The third-order valence-corrected chi connectivity index (χ3v) is 5.46. The van der Waals surface area contributed by atoms with Crippen LogP contribution in [0.25, 0.3) is 0 Å². The predicted octanol–water partition coefficient (Wildman–Crippen LogP) is 3.63. The molecule has 4 atom stereocenters. The van der Waals surface area contributed by atoms with Crippen molar-refractivity contribution in [2.24, 2.45) is 5.92 Å². The lowest BCUT2D eigenvalue weighted by atomic mass is 9.87. The number of carbonyl (C=O) groups excluding carboxylic acids is 2. The van der Waals surface area contributed by atoms with Crippen molar-refractivity contribution in [3.8, 4) is 0 Å². The Morgan fingerprint density at radius 3 is 2.52 bits per heavy atom. The number of benzene rings is 1. The third-order valence-electron chi connectivity index (χ3n) is 5.46. The molecule has 1 aromatic rings. The number of esters is 2. The summed E-state index contributed by atoms with van der Waals surface area (Å²) in [4.78, 5) is 27.4. The van der Waals surface area contributed by atoms with Crippen LogP contribution in [0.3, 0.4) is 0 Å². The van der Waals surface area contributed by atoms with Gasteiger partial charge >= 0.3 is 11.9 Å². The smallest absolute Gasteiger partial charge is 0.338 e. The molecule has 1 aromatic carbocycles. The number of carbonyl (C=O) groups is 2. The Morgan fingerprint density at radius 1 is 1.19 bits per heavy atom. The van der Waals surface area contributed by atoms with Crippen LogP contribution < -0.4 is 0 Å². The van der Waals surface area contributed by atoms with E-state index in [1.807, 2.05) is 6.07 Å². The van der Waals surface area contributed by atoms with Crippen molar-refractivity contribution in [2.45, 2.75) is 51.3 Å². The van der Waals surface area contributed by atoms with E-state index in [0.29, 0.717) is 18.0 Å². The third kappa shape index (κ3) is 4.71. The summed E-state index contributed by atoms with van der Waals surface area (Å²) in [5.74, 6) is -1.10. The highest BCUT2D eigenvalue weighted by Crippen LogP contribution is 2.41. The van der Waals surface area contributed by atoms with Crippen molar-refractivity contribution in [3.63, 3.8) is 0 Å². The summed E-state index contributed by atoms with van der Waals surface area (Å²) < 4.78 is 10.8. The fraction of sp³-hybridized carbons (Fsp3) is 0.524. The second-order valence-electron chi connectivity index (χ2n) is 7.37. The standard InChI is InChI=1S/C21H27NO4.ClH/c1-14(2)11-12-22-16-9-10-17(22)19(21(24)25-3)18(13-16)26-20(23)15-7-5-4-6-8-15;/h4-8,11,16-19H,9-10,12-13H2,1-3H3;1H/t16-,17-,18+,19-;/m1./s1. The lowest BCUT2D eigenvalue weighted by molar-refractivity contribution is -0.156. The first-order valence-corrected chi connectivity index (χ1v) is 9.24. The van der Waals surface area contributed by atoms with Crippen molar-refractivity contribution in [2.75, 3.05) is 13.7 Å². The number of fused-ring (bicyclic) bond motifs is 2. The Bertz CT molecular complexity index is 687. The lowest BCUT2D eigenvalue weighted by Gasteiger charge is -2.42. The average Bonchev–Trinajstić information content (AvgIpc) is 2.93. The molecule has 6 heteroatoms. The van der Waals surface area contributed by atoms with Gasteiger partial charge in [-0.3, -0.25) is 9.69 Å². The number of methoxy groups -OCH3 is 1. The van der Waals surface area contributed by atoms with Gasteiger partial charge in [0.1, 0.15) is 12.0 Å². The highest BCUT2D eigenvalue weighted by molar-refractivity contribution is 5.89. The SMILES string of the molecule is COC(=O)[C@H]1[C@@H](OC(=O)c2ccccc2)C[C@H]2CC[C@H]1N2CC=C(C)C.Cl. The molecular formula is C21H28ClNO4. The van der Waals surface area contributed by atoms with Crippen molar-refractivity contribution < 1.29 is 19.1 Å². The van der Waals surface area contributed by atoms with Gasteiger partial charge < -0.3 is 9.47 Å². The quantitative estimate of drug-likeness (QED) is 0.564. The van der Waals surface area contributed by atoms with E-state index in [1.165, 1.54) is 12.7 Å². The van der Waals surface area contributed by atoms with Crippen LogP contribution in [0, 0.1) is 5.92 Å². The Hall–Kier alpha value is -1.85. The van der Waals surface area contributed by atoms with Crippen LogP contribution in [-0.2, 0) is 14.3 Å². The van der Waals surface area contributed by atoms with Gasteiger partial charge in [0.15, 0.2) is 0 Å². The molecule has 0 spiro atoms. The largest absolute Gasteiger partial charge is 0.469 e. The number of ether oxygens (including phenoxy) is 2. The summed E-state index contributed by atoms with van der Waals surface area (Å²) >= 11 is 0. The highest BCUT2D eigenvalue weighted by atomic mass is 35.5. The summed E-state index contributed by atoms with van der Waals surface area (Å²) in [6.07, 6.45) is 4.38. The minimum Gasteiger partial charge on any atom is -0.469 e. The predicted molar refractivity (Wildman–Crippen MR) is 106 cm³/mol. The van der Waals surface area contributed by atoms with Crippen LogP contribution in [0.2, 0.25) is 0 Å². The molecule has 3 rings (SSSR count). The van der Waals surface area contributed by atoms with E-state index < -0.39 is 12.0 Å². The fourth-order valence-corrected chi connectivity index (χ4v) is 4.19. The molecule has 5 nitrogen and oxygen atoms in total. The number of rotatable bonds is 5. The van der Waals surface area contributed by atoms with Gasteiger partial charge in [-0.1, -0.05) is 29.8 Å². The molecule has 0 radical (unpaired) electrons. The average molecular weight is 394 g/mol. The maximum Gasteiger partial charge on any atom is 0.338 e. The fourth-order valence-electron chi connectivity index (χ4n) is 4.19. The number of piperidine rings is 1. The van der Waals surface area contributed by atoms with Crippen molar-refractivity contribution in [3.05, 3.63) is 47.5 Å². The van der Waals surface area contributed by atoms with Crippen LogP contribution in [0.5, 0.6) is 0 Å². The van der Waals surface area contributed by atoms with Crippen LogP contribution in [0.4, 0.5) is 0 Å². The summed E-state index contributed by atoms with van der Waals surface area (Å²) in [6, 6.07) is 9.33. The Kier molecular flexibility index (Phi) is 7.45. The summed E-state index contributed by atoms with van der Waals surface area (Å²) in [5, 5.41) is 0. The molecule has 2 heterocycles. The molecule has 0 aliphatic carbocycles. The van der Waals surface area contributed by atoms with Crippen molar-refractivity contribution >= 4 is 24.3 Å². The first-order valence-electron chi connectivity index (χ1n) is 9.24. The van der Waals surface area contributed by atoms with E-state index in [4.69, 9.17) is 9.47 Å². The van der Waals surface area contributed by atoms with Crippen LogP contribution in [0.15, 0.2) is 42.0 Å². The molecular weight excluding hydrogens is 366 g/mol. The molecule has 2 fully saturated rings. The van der Waals surface area contributed by atoms with Crippen molar-refractivity contribution in [1.29, 1.82) is 0 Å². The molecule has 2 saturated heterocycles. The second kappa shape index (κ2) is 9.38. The normalized spacial score (nSPS) is 26.6. The van der Waals surface area contributed by atoms with E-state index in [1.54, 1.807) is 24.3 Å². The molecule has 0 saturated carbocycles. The maximum absolute atomic E-state index is 12.5. The molecule has 0 amide bonds. The minimum atomic E-state index is -0.435. The first kappa shape index (κ1) is 21.5. The monoisotopic (exact) mass is 393 g/mol. The molecule has 2 aliphatic heterocycles. The minimum absolute atomic E-state index is 0. The Labute approximate surface area is 167 Å². The number of halogens is 1. The number of hydrogen-bond donors (Lipinski definition) is 0. The molecule has 2 aliphatic rings.